The van der Waals surface area contributed by atoms with Gasteiger partial charge in [-0.3, -0.25) is 34.0 Å². The predicted molar refractivity (Wildman–Crippen MR) is 175 cm³/mol. The highest BCUT2D eigenvalue weighted by Crippen LogP contribution is 2.19. The number of guanidine groups is 2. The van der Waals surface area contributed by atoms with Crippen LogP contribution in [-0.2, 0) is 28.8 Å². The third-order valence-electron chi connectivity index (χ3n) is 7.06. The molecule has 1 fully saturated rings. The molecule has 16 N–H and O–H groups in total. The molecular formula is C26H48N12O8S. The first-order valence-electron chi connectivity index (χ1n) is 15.0. The highest BCUT2D eigenvalue weighted by Gasteiger charge is 2.38. The van der Waals surface area contributed by atoms with Crippen LogP contribution >= 0.6 is 12.6 Å². The molecule has 0 radical (unpaired) electrons. The molecule has 0 spiro atoms. The van der Waals surface area contributed by atoms with Gasteiger partial charge in [0.2, 0.25) is 29.5 Å². The van der Waals surface area contributed by atoms with E-state index >= 15 is 0 Å². The average Bonchev–Trinajstić information content (AvgIpc) is 3.51. The van der Waals surface area contributed by atoms with Crippen molar-refractivity contribution >= 4 is 60.1 Å². The minimum atomic E-state index is -1.51. The zero-order valence-electron chi connectivity index (χ0n) is 26.3. The van der Waals surface area contributed by atoms with Crippen LogP contribution in [-0.4, -0.2) is 131 Å². The number of carbonyl (C=O) groups excluding carboxylic acids is 5. The van der Waals surface area contributed by atoms with E-state index in [0.29, 0.717) is 12.8 Å². The van der Waals surface area contributed by atoms with Crippen molar-refractivity contribution < 1.29 is 39.0 Å². The maximum Gasteiger partial charge on any atom is 0.326 e. The number of thiol groups is 1. The van der Waals surface area contributed by atoms with E-state index in [1.807, 2.05) is 0 Å². The van der Waals surface area contributed by atoms with E-state index in [-0.39, 0.29) is 63.0 Å². The standard InChI is InChI=1S/C26H48N12O8S/c1-13(34-21(42)17(12-47)37-19(40)14(27)5-2-8-32-25(28)29)23(44)38-10-4-7-18(38)22(43)36-16(11-39)20(41)35-15(24(45)46)6-3-9-33-26(30)31/h13-18,39,47H,2-12,27H2,1H3,(H,34,42)(H,35,41)(H,36,43)(H,37,40)(H,45,46)(H4,28,29,32)(H4,30,31,33)/t13-,14-,15-,16-,17-,18-/m0/s1. The second-order valence-electron chi connectivity index (χ2n) is 10.8. The van der Waals surface area contributed by atoms with Gasteiger partial charge in [-0.25, -0.2) is 4.79 Å². The summed E-state index contributed by atoms with van der Waals surface area (Å²) < 4.78 is 0. The molecular weight excluding hydrogens is 640 g/mol. The molecule has 47 heavy (non-hydrogen) atoms. The first kappa shape index (κ1) is 40.7. The van der Waals surface area contributed by atoms with E-state index in [1.54, 1.807) is 0 Å². The summed E-state index contributed by atoms with van der Waals surface area (Å²) in [6.07, 6.45) is 1.55. The van der Waals surface area contributed by atoms with Crippen molar-refractivity contribution in [2.45, 2.75) is 81.7 Å². The number of carboxylic acid groups (broad SMARTS) is 1. The van der Waals surface area contributed by atoms with E-state index in [1.165, 1.54) is 11.8 Å². The van der Waals surface area contributed by atoms with Gasteiger partial charge in [-0.2, -0.15) is 12.6 Å². The highest BCUT2D eigenvalue weighted by molar-refractivity contribution is 7.80. The normalized spacial score (nSPS) is 17.2. The number of aliphatic hydroxyl groups is 1. The molecule has 0 aliphatic carbocycles. The number of nitrogens with one attached hydrogen (secondary N) is 4. The van der Waals surface area contributed by atoms with Gasteiger partial charge < -0.3 is 65.0 Å². The van der Waals surface area contributed by atoms with Gasteiger partial charge in [0.25, 0.3) is 0 Å². The Morgan fingerprint density at radius 2 is 1.40 bits per heavy atom. The molecule has 1 aliphatic heterocycles. The molecule has 1 saturated heterocycles. The smallest absolute Gasteiger partial charge is 0.326 e. The van der Waals surface area contributed by atoms with Gasteiger partial charge in [-0.05, 0) is 45.4 Å². The summed E-state index contributed by atoms with van der Waals surface area (Å²) in [5.41, 5.74) is 26.9. The van der Waals surface area contributed by atoms with Crippen LogP contribution in [0.5, 0.6) is 0 Å². The van der Waals surface area contributed by atoms with Gasteiger partial charge in [0.05, 0.1) is 12.6 Å². The van der Waals surface area contributed by atoms with Crippen LogP contribution in [0.15, 0.2) is 9.98 Å². The fourth-order valence-corrected chi connectivity index (χ4v) is 4.80. The van der Waals surface area contributed by atoms with Gasteiger partial charge in [-0.15, -0.1) is 0 Å². The first-order valence-corrected chi connectivity index (χ1v) is 15.6. The van der Waals surface area contributed by atoms with E-state index in [4.69, 9.17) is 28.7 Å². The van der Waals surface area contributed by atoms with E-state index in [2.05, 4.69) is 43.9 Å². The lowest BCUT2D eigenvalue weighted by atomic mass is 10.1. The Balaban J connectivity index is 2.77. The molecule has 21 heteroatoms. The lowest BCUT2D eigenvalue weighted by Crippen LogP contribution is -2.59. The zero-order chi connectivity index (χ0) is 35.7. The zero-order valence-corrected chi connectivity index (χ0v) is 27.2. The number of nitrogens with two attached hydrogens (primary N) is 5. The molecule has 0 unspecified atom stereocenters. The molecule has 0 aromatic heterocycles. The minimum Gasteiger partial charge on any atom is -0.480 e. The highest BCUT2D eigenvalue weighted by atomic mass is 32.1. The van der Waals surface area contributed by atoms with Gasteiger partial charge in [-0.1, -0.05) is 0 Å². The number of carboxylic acids is 1. The van der Waals surface area contributed by atoms with Crippen LogP contribution < -0.4 is 49.9 Å². The number of hydrogen-bond donors (Lipinski definition) is 12. The maximum absolute atomic E-state index is 13.3. The molecule has 1 heterocycles. The van der Waals surface area contributed by atoms with Crippen LogP contribution in [0.3, 0.4) is 0 Å². The summed E-state index contributed by atoms with van der Waals surface area (Å²) in [7, 11) is 0. The molecule has 0 saturated carbocycles. The largest absolute Gasteiger partial charge is 0.480 e. The number of likely N-dealkylation sites (tertiary alicyclic amines) is 1. The summed E-state index contributed by atoms with van der Waals surface area (Å²) in [6, 6.07) is -7.05. The first-order chi connectivity index (χ1) is 22.1. The van der Waals surface area contributed by atoms with Gasteiger partial charge >= 0.3 is 5.97 Å². The monoisotopic (exact) mass is 688 g/mol. The van der Waals surface area contributed by atoms with Gasteiger partial charge in [0.1, 0.15) is 30.2 Å². The predicted octanol–water partition coefficient (Wildman–Crippen LogP) is -5.62. The van der Waals surface area contributed by atoms with Crippen LogP contribution in [0, 0.1) is 0 Å². The molecule has 0 aromatic rings. The number of carbonyl (C=O) groups is 6. The summed E-state index contributed by atoms with van der Waals surface area (Å²) in [5.74, 6) is -5.30. The molecule has 20 nitrogen and oxygen atoms in total. The number of aliphatic imine (C=N–C) groups is 2. The van der Waals surface area contributed by atoms with Crippen molar-refractivity contribution in [3.8, 4) is 0 Å². The van der Waals surface area contributed by atoms with Crippen LogP contribution in [0.25, 0.3) is 0 Å². The van der Waals surface area contributed by atoms with Gasteiger partial charge in [0, 0.05) is 25.4 Å². The van der Waals surface area contributed by atoms with Crippen molar-refractivity contribution in [2.24, 2.45) is 38.7 Å². The quantitative estimate of drug-likeness (QED) is 0.0246. The summed E-state index contributed by atoms with van der Waals surface area (Å²) in [4.78, 5) is 84.9. The summed E-state index contributed by atoms with van der Waals surface area (Å²) in [5, 5.41) is 28.9. The molecule has 5 amide bonds. The SMILES string of the molecule is C[C@H](NC(=O)[C@H](CS)NC(=O)[C@@H](N)CCCN=C(N)N)C(=O)N1CCC[C@H]1C(=O)N[C@@H](CO)C(=O)N[C@@H](CCCN=C(N)N)C(=O)O. The number of aliphatic carboxylic acids is 1. The number of nitrogens with zero attached hydrogens (tertiary/aromatic N) is 3. The Morgan fingerprint density at radius 3 is 1.94 bits per heavy atom. The van der Waals surface area contributed by atoms with E-state index in [0.717, 1.165) is 0 Å². The number of aliphatic hydroxyl groups excluding tert-OH is 1. The van der Waals surface area contributed by atoms with E-state index in [9.17, 15) is 39.0 Å². The molecule has 1 rings (SSSR count). The third-order valence-corrected chi connectivity index (χ3v) is 7.43. The minimum absolute atomic E-state index is 0.0241. The van der Waals surface area contributed by atoms with Crippen LogP contribution in [0.4, 0.5) is 0 Å². The number of hydrogen-bond acceptors (Lipinski definition) is 11. The summed E-state index contributed by atoms with van der Waals surface area (Å²) in [6.45, 7) is 1.14. The molecule has 1 aliphatic rings. The number of rotatable bonds is 20. The molecule has 0 bridgehead atoms. The Labute approximate surface area is 277 Å². The summed E-state index contributed by atoms with van der Waals surface area (Å²) >= 11 is 4.12. The van der Waals surface area contributed by atoms with Crippen molar-refractivity contribution in [1.82, 2.24) is 26.2 Å². The Morgan fingerprint density at radius 1 is 0.851 bits per heavy atom. The van der Waals surface area contributed by atoms with E-state index < -0.39 is 78.4 Å². The second-order valence-corrected chi connectivity index (χ2v) is 11.2. The lowest BCUT2D eigenvalue weighted by Gasteiger charge is -2.29. The van der Waals surface area contributed by atoms with Crippen molar-refractivity contribution in [3.63, 3.8) is 0 Å². The maximum atomic E-state index is 13.3. The third kappa shape index (κ3) is 14.3. The fourth-order valence-electron chi connectivity index (χ4n) is 4.55. The molecule has 0 aromatic carbocycles. The molecule has 6 atom stereocenters. The topological polar surface area (TPSA) is 349 Å². The average molecular weight is 689 g/mol. The second kappa shape index (κ2) is 20.7. The van der Waals surface area contributed by atoms with Crippen LogP contribution in [0.2, 0.25) is 0 Å². The van der Waals surface area contributed by atoms with Crippen molar-refractivity contribution in [2.75, 3.05) is 32.0 Å². The van der Waals surface area contributed by atoms with Crippen molar-refractivity contribution in [1.29, 1.82) is 0 Å². The Kier molecular flexibility index (Phi) is 17.9. The van der Waals surface area contributed by atoms with Crippen molar-refractivity contribution in [3.05, 3.63) is 0 Å². The Hall–Kier alpha value is -4.37. The van der Waals surface area contributed by atoms with Crippen LogP contribution in [0.1, 0.15) is 45.4 Å². The fraction of sp³-hybridized carbons (Fsp3) is 0.692. The van der Waals surface area contributed by atoms with Gasteiger partial charge in [0.15, 0.2) is 11.9 Å². The number of amides is 5. The molecule has 266 valence electrons. The Bertz CT molecular complexity index is 1160. The lowest BCUT2D eigenvalue weighted by molar-refractivity contribution is -0.144.